The van der Waals surface area contributed by atoms with Crippen molar-refractivity contribution in [3.8, 4) is 0 Å². The van der Waals surface area contributed by atoms with Crippen LogP contribution in [0.25, 0.3) is 0 Å². The van der Waals surface area contributed by atoms with Crippen LogP contribution in [0.15, 0.2) is 57.2 Å². The van der Waals surface area contributed by atoms with Gasteiger partial charge in [0.05, 0.1) is 25.5 Å². The summed E-state index contributed by atoms with van der Waals surface area (Å²) in [4.78, 5) is 12.1. The number of ether oxygens (including phenoxy) is 1. The molecule has 142 valence electrons. The molecule has 1 N–H and O–H groups in total. The van der Waals surface area contributed by atoms with Crippen LogP contribution in [0.3, 0.4) is 0 Å². The monoisotopic (exact) mass is 383 g/mol. The lowest BCUT2D eigenvalue weighted by Crippen LogP contribution is -2.47. The highest BCUT2D eigenvalue weighted by Gasteiger charge is 2.21. The number of rotatable bonds is 6. The van der Waals surface area contributed by atoms with Crippen molar-refractivity contribution < 1.29 is 9.84 Å². The molecule has 1 fully saturated rings. The molecule has 0 amide bonds. The highest BCUT2D eigenvalue weighted by atomic mass is 32.2. The van der Waals surface area contributed by atoms with Gasteiger partial charge in [-0.05, 0) is 24.3 Å². The lowest BCUT2D eigenvalue weighted by Gasteiger charge is -2.36. The van der Waals surface area contributed by atoms with Crippen molar-refractivity contribution in [2.75, 3.05) is 57.4 Å². The molecule has 27 heavy (non-hydrogen) atoms. The Hall–Kier alpha value is -1.86. The molecule has 1 saturated heterocycles. The van der Waals surface area contributed by atoms with Crippen molar-refractivity contribution >= 4 is 29.4 Å². The van der Waals surface area contributed by atoms with Crippen molar-refractivity contribution in [3.05, 3.63) is 48.0 Å². The molecule has 6 heteroatoms. The number of aliphatic hydroxyl groups is 1. The zero-order valence-electron chi connectivity index (χ0n) is 15.4. The van der Waals surface area contributed by atoms with Crippen LogP contribution in [0.2, 0.25) is 0 Å². The van der Waals surface area contributed by atoms with Gasteiger partial charge in [-0.25, -0.2) is 0 Å². The number of aliphatic imine (C=N–C) groups is 1. The number of aliphatic hydroxyl groups excluding tert-OH is 1. The van der Waals surface area contributed by atoms with E-state index in [4.69, 9.17) is 14.8 Å². The highest BCUT2D eigenvalue weighted by molar-refractivity contribution is 7.99. The van der Waals surface area contributed by atoms with E-state index >= 15 is 0 Å². The largest absolute Gasteiger partial charge is 0.394 e. The minimum Gasteiger partial charge on any atom is -0.394 e. The summed E-state index contributed by atoms with van der Waals surface area (Å²) in [5.74, 6) is 0. The molecule has 0 radical (unpaired) electrons. The first-order valence-electron chi connectivity index (χ1n) is 9.45. The summed E-state index contributed by atoms with van der Waals surface area (Å²) in [7, 11) is 0. The summed E-state index contributed by atoms with van der Waals surface area (Å²) in [6, 6.07) is 14.9. The molecule has 0 spiro atoms. The average molecular weight is 384 g/mol. The van der Waals surface area contributed by atoms with Crippen LogP contribution in [-0.2, 0) is 4.74 Å². The Kier molecular flexibility index (Phi) is 6.09. The predicted octanol–water partition coefficient (Wildman–Crippen LogP) is 3.03. The van der Waals surface area contributed by atoms with Crippen LogP contribution < -0.4 is 4.90 Å². The molecular formula is C21H25N3O2S. The average Bonchev–Trinajstić information content (AvgIpc) is 2.91. The molecular weight excluding hydrogens is 358 g/mol. The second-order valence-corrected chi connectivity index (χ2v) is 7.77. The van der Waals surface area contributed by atoms with E-state index < -0.39 is 0 Å². The topological polar surface area (TPSA) is 48.3 Å². The number of hydrogen-bond acceptors (Lipinski definition) is 6. The molecule has 2 aliphatic rings. The molecule has 4 rings (SSSR count). The van der Waals surface area contributed by atoms with Crippen LogP contribution >= 0.6 is 11.8 Å². The van der Waals surface area contributed by atoms with Gasteiger partial charge in [0, 0.05) is 60.0 Å². The molecule has 0 aliphatic carbocycles. The summed E-state index contributed by atoms with van der Waals surface area (Å²) >= 11 is 1.80. The van der Waals surface area contributed by atoms with Crippen LogP contribution in [-0.4, -0.2) is 68.8 Å². The van der Waals surface area contributed by atoms with Gasteiger partial charge in [-0.3, -0.25) is 9.89 Å². The van der Waals surface area contributed by atoms with Crippen molar-refractivity contribution in [1.82, 2.24) is 4.90 Å². The maximum atomic E-state index is 8.78. The molecule has 5 nitrogen and oxygen atoms in total. The number of benzene rings is 2. The SMILES string of the molecule is OCCOCCN1CCN(c2cccc3c2C=Nc2ccccc2S3)CC1. The van der Waals surface area contributed by atoms with E-state index in [1.54, 1.807) is 11.8 Å². The number of para-hydroxylation sites is 1. The summed E-state index contributed by atoms with van der Waals surface area (Å²) < 4.78 is 5.39. The fraction of sp³-hybridized carbons (Fsp3) is 0.381. The van der Waals surface area contributed by atoms with Gasteiger partial charge >= 0.3 is 0 Å². The first-order valence-corrected chi connectivity index (χ1v) is 10.3. The Bertz CT molecular complexity index is 804. The zero-order chi connectivity index (χ0) is 18.5. The molecule has 0 atom stereocenters. The Morgan fingerprint density at radius 2 is 1.78 bits per heavy atom. The predicted molar refractivity (Wildman–Crippen MR) is 111 cm³/mol. The van der Waals surface area contributed by atoms with Crippen LogP contribution in [0.1, 0.15) is 5.56 Å². The molecule has 0 aromatic heterocycles. The van der Waals surface area contributed by atoms with Gasteiger partial charge in [-0.2, -0.15) is 0 Å². The molecule has 2 heterocycles. The van der Waals surface area contributed by atoms with Gasteiger partial charge in [0.1, 0.15) is 0 Å². The van der Waals surface area contributed by atoms with Crippen molar-refractivity contribution in [2.45, 2.75) is 9.79 Å². The normalized spacial score (nSPS) is 16.7. The van der Waals surface area contributed by atoms with Gasteiger partial charge in [0.2, 0.25) is 0 Å². The minimum atomic E-state index is 0.0936. The van der Waals surface area contributed by atoms with E-state index in [1.807, 2.05) is 12.3 Å². The van der Waals surface area contributed by atoms with Crippen LogP contribution in [0.4, 0.5) is 11.4 Å². The van der Waals surface area contributed by atoms with Gasteiger partial charge < -0.3 is 14.7 Å². The quantitative estimate of drug-likeness (QED) is 0.663. The molecule has 2 aliphatic heterocycles. The molecule has 2 aromatic carbocycles. The fourth-order valence-electron chi connectivity index (χ4n) is 3.50. The first kappa shape index (κ1) is 18.5. The maximum absolute atomic E-state index is 8.78. The van der Waals surface area contributed by atoms with E-state index in [1.165, 1.54) is 21.0 Å². The molecule has 0 unspecified atom stereocenters. The van der Waals surface area contributed by atoms with E-state index in [2.05, 4.69) is 46.2 Å². The number of anilines is 1. The Morgan fingerprint density at radius 3 is 2.63 bits per heavy atom. The third-order valence-corrected chi connectivity index (χ3v) is 6.10. The van der Waals surface area contributed by atoms with Gasteiger partial charge in [-0.1, -0.05) is 30.0 Å². The third kappa shape index (κ3) is 4.35. The van der Waals surface area contributed by atoms with Gasteiger partial charge in [0.25, 0.3) is 0 Å². The Labute approximate surface area is 164 Å². The van der Waals surface area contributed by atoms with E-state index in [0.717, 1.165) is 38.4 Å². The zero-order valence-corrected chi connectivity index (χ0v) is 16.2. The van der Waals surface area contributed by atoms with Crippen molar-refractivity contribution in [3.63, 3.8) is 0 Å². The minimum absolute atomic E-state index is 0.0936. The second-order valence-electron chi connectivity index (χ2n) is 6.68. The standard InChI is InChI=1S/C21H25N3O2S/c25-13-15-26-14-12-23-8-10-24(11-9-23)19-5-3-7-20-17(19)16-22-18-4-1-2-6-21(18)27-20/h1-7,16,25H,8-15H2. The first-order chi connectivity index (χ1) is 13.3. The number of nitrogens with zero attached hydrogens (tertiary/aromatic N) is 3. The lowest BCUT2D eigenvalue weighted by molar-refractivity contribution is 0.0724. The molecule has 0 bridgehead atoms. The summed E-state index contributed by atoms with van der Waals surface area (Å²) in [6.45, 7) is 6.18. The smallest absolute Gasteiger partial charge is 0.0769 e. The molecule has 0 saturated carbocycles. The summed E-state index contributed by atoms with van der Waals surface area (Å²) in [5.41, 5.74) is 3.53. The van der Waals surface area contributed by atoms with Crippen LogP contribution in [0.5, 0.6) is 0 Å². The third-order valence-electron chi connectivity index (χ3n) is 4.96. The Morgan fingerprint density at radius 1 is 0.963 bits per heavy atom. The summed E-state index contributed by atoms with van der Waals surface area (Å²) in [6.07, 6.45) is 2.03. The number of hydrogen-bond donors (Lipinski definition) is 1. The maximum Gasteiger partial charge on any atom is 0.0769 e. The number of fused-ring (bicyclic) bond motifs is 2. The van der Waals surface area contributed by atoms with Crippen molar-refractivity contribution in [1.29, 1.82) is 0 Å². The van der Waals surface area contributed by atoms with Crippen LogP contribution in [0, 0.1) is 0 Å². The molecule has 2 aromatic rings. The van der Waals surface area contributed by atoms with E-state index in [9.17, 15) is 0 Å². The van der Waals surface area contributed by atoms with Gasteiger partial charge in [0.15, 0.2) is 0 Å². The Balaban J connectivity index is 1.45. The van der Waals surface area contributed by atoms with E-state index in [0.29, 0.717) is 13.2 Å². The van der Waals surface area contributed by atoms with E-state index in [-0.39, 0.29) is 6.61 Å². The summed E-state index contributed by atoms with van der Waals surface area (Å²) in [5, 5.41) is 8.78. The van der Waals surface area contributed by atoms with Crippen molar-refractivity contribution in [2.24, 2.45) is 4.99 Å². The second kappa shape index (κ2) is 8.89. The number of piperazine rings is 1. The lowest BCUT2D eigenvalue weighted by atomic mass is 10.1. The fourth-order valence-corrected chi connectivity index (χ4v) is 4.52. The highest BCUT2D eigenvalue weighted by Crippen LogP contribution is 2.41. The van der Waals surface area contributed by atoms with Gasteiger partial charge in [-0.15, -0.1) is 0 Å².